The third-order valence-electron chi connectivity index (χ3n) is 1.59. The molecule has 1 saturated heterocycles. The second-order valence-corrected chi connectivity index (χ2v) is 4.22. The van der Waals surface area contributed by atoms with Crippen LogP contribution in [0.4, 0.5) is 0 Å². The average molecular weight is 167 g/mol. The van der Waals surface area contributed by atoms with Crippen LogP contribution in [0.25, 0.3) is 0 Å². The predicted octanol–water partition coefficient (Wildman–Crippen LogP) is -0.806. The molecular formula is C4H10NO4P. The lowest BCUT2D eigenvalue weighted by atomic mass is 10.4. The lowest BCUT2D eigenvalue weighted by Crippen LogP contribution is -2.38. The maximum absolute atomic E-state index is 10.5. The van der Waals surface area contributed by atoms with Crippen LogP contribution in [0.1, 0.15) is 12.8 Å². The summed E-state index contributed by atoms with van der Waals surface area (Å²) in [6.45, 7) is 0.460. The van der Waals surface area contributed by atoms with Gasteiger partial charge in [-0.25, -0.2) is 0 Å². The Morgan fingerprint density at radius 1 is 1.50 bits per heavy atom. The molecular weight excluding hydrogens is 157 g/mol. The smallest absolute Gasteiger partial charge is 0.365 e. The zero-order valence-corrected chi connectivity index (χ0v) is 6.21. The van der Waals surface area contributed by atoms with Crippen molar-refractivity contribution in [1.29, 1.82) is 0 Å². The Balaban J connectivity index is 2.78. The molecule has 4 N–H and O–H groups in total. The maximum atomic E-state index is 10.5. The van der Waals surface area contributed by atoms with Gasteiger partial charge in [-0.05, 0) is 13.0 Å². The molecule has 1 heterocycles. The van der Waals surface area contributed by atoms with E-state index >= 15 is 0 Å². The van der Waals surface area contributed by atoms with Crippen molar-refractivity contribution in [2.24, 2.45) is 0 Å². The first-order valence-corrected chi connectivity index (χ1v) is 4.60. The first-order chi connectivity index (χ1) is 4.46. The summed E-state index contributed by atoms with van der Waals surface area (Å²) in [7, 11) is -4.38. The molecule has 0 aromatic carbocycles. The van der Waals surface area contributed by atoms with Gasteiger partial charge in [0.2, 0.25) is 5.47 Å². The first kappa shape index (κ1) is 8.17. The standard InChI is InChI=1S/C4H10NO4P/c6-4(10(7,8)9)2-1-3-5-4/h5-6H,1-3H2,(H2,7,8,9). The second kappa shape index (κ2) is 2.29. The largest absolute Gasteiger partial charge is 0.371 e. The van der Waals surface area contributed by atoms with Crippen LogP contribution < -0.4 is 5.32 Å². The van der Waals surface area contributed by atoms with Gasteiger partial charge in [0.1, 0.15) is 0 Å². The normalized spacial score (nSPS) is 34.7. The van der Waals surface area contributed by atoms with Gasteiger partial charge in [0.05, 0.1) is 0 Å². The van der Waals surface area contributed by atoms with Crippen molar-refractivity contribution < 1.29 is 19.5 Å². The van der Waals surface area contributed by atoms with Crippen molar-refractivity contribution in [2.75, 3.05) is 6.54 Å². The van der Waals surface area contributed by atoms with E-state index in [-0.39, 0.29) is 6.42 Å². The molecule has 0 amide bonds. The summed E-state index contributed by atoms with van der Waals surface area (Å²) in [5.74, 6) is 0. The Morgan fingerprint density at radius 3 is 2.30 bits per heavy atom. The SMILES string of the molecule is O=P(O)(O)C1(O)CCCN1. The topological polar surface area (TPSA) is 89.8 Å². The summed E-state index contributed by atoms with van der Waals surface area (Å²) in [5.41, 5.74) is -1.95. The number of aliphatic hydroxyl groups is 1. The highest BCUT2D eigenvalue weighted by Gasteiger charge is 2.47. The summed E-state index contributed by atoms with van der Waals surface area (Å²) in [4.78, 5) is 17.2. The van der Waals surface area contributed by atoms with Crippen molar-refractivity contribution in [3.63, 3.8) is 0 Å². The van der Waals surface area contributed by atoms with E-state index in [1.807, 2.05) is 0 Å². The van der Waals surface area contributed by atoms with E-state index in [0.717, 1.165) is 0 Å². The van der Waals surface area contributed by atoms with Gasteiger partial charge < -0.3 is 14.9 Å². The molecule has 0 bridgehead atoms. The van der Waals surface area contributed by atoms with Gasteiger partial charge in [0.25, 0.3) is 0 Å². The van der Waals surface area contributed by atoms with Crippen molar-refractivity contribution in [2.45, 2.75) is 18.3 Å². The van der Waals surface area contributed by atoms with E-state index in [1.165, 1.54) is 0 Å². The van der Waals surface area contributed by atoms with Crippen LogP contribution in [0.3, 0.4) is 0 Å². The molecule has 1 atom stereocenters. The molecule has 60 valence electrons. The maximum Gasteiger partial charge on any atom is 0.371 e. The molecule has 1 aliphatic heterocycles. The van der Waals surface area contributed by atoms with Gasteiger partial charge >= 0.3 is 7.60 Å². The minimum Gasteiger partial charge on any atom is -0.365 e. The molecule has 5 nitrogen and oxygen atoms in total. The fourth-order valence-corrected chi connectivity index (χ4v) is 1.73. The Morgan fingerprint density at radius 2 is 2.10 bits per heavy atom. The third kappa shape index (κ3) is 1.24. The highest BCUT2D eigenvalue weighted by molar-refractivity contribution is 7.53. The Bertz CT molecular complexity index is 170. The quantitative estimate of drug-likeness (QED) is 0.383. The first-order valence-electron chi connectivity index (χ1n) is 2.99. The fraction of sp³-hybridized carbons (Fsp3) is 1.00. The van der Waals surface area contributed by atoms with Crippen LogP contribution >= 0.6 is 7.60 Å². The van der Waals surface area contributed by atoms with E-state index in [2.05, 4.69) is 5.32 Å². The van der Waals surface area contributed by atoms with Crippen LogP contribution in [0.5, 0.6) is 0 Å². The summed E-state index contributed by atoms with van der Waals surface area (Å²) < 4.78 is 10.5. The van der Waals surface area contributed by atoms with Gasteiger partial charge in [-0.2, -0.15) is 0 Å². The molecule has 6 heteroatoms. The Labute approximate surface area is 58.2 Å². The van der Waals surface area contributed by atoms with Crippen LogP contribution in [-0.4, -0.2) is 26.9 Å². The van der Waals surface area contributed by atoms with Gasteiger partial charge in [0.15, 0.2) is 0 Å². The van der Waals surface area contributed by atoms with Gasteiger partial charge in [0, 0.05) is 6.42 Å². The van der Waals surface area contributed by atoms with Crippen LogP contribution in [0.2, 0.25) is 0 Å². The summed E-state index contributed by atoms with van der Waals surface area (Å²) in [5, 5.41) is 11.5. The van der Waals surface area contributed by atoms with E-state index < -0.39 is 13.1 Å². The lowest BCUT2D eigenvalue weighted by Gasteiger charge is -2.23. The zero-order valence-electron chi connectivity index (χ0n) is 5.32. The van der Waals surface area contributed by atoms with Crippen LogP contribution in [0.15, 0.2) is 0 Å². The van der Waals surface area contributed by atoms with Crippen molar-refractivity contribution in [3.05, 3.63) is 0 Å². The molecule has 0 aliphatic carbocycles. The number of rotatable bonds is 1. The molecule has 1 fully saturated rings. The van der Waals surface area contributed by atoms with Crippen LogP contribution in [-0.2, 0) is 4.57 Å². The second-order valence-electron chi connectivity index (χ2n) is 2.39. The van der Waals surface area contributed by atoms with E-state index in [9.17, 15) is 4.57 Å². The molecule has 0 aromatic rings. The van der Waals surface area contributed by atoms with E-state index in [1.54, 1.807) is 0 Å². The fourth-order valence-electron chi connectivity index (χ4n) is 0.960. The van der Waals surface area contributed by atoms with Crippen molar-refractivity contribution in [1.82, 2.24) is 5.32 Å². The van der Waals surface area contributed by atoms with E-state index in [4.69, 9.17) is 14.9 Å². The highest BCUT2D eigenvalue weighted by Crippen LogP contribution is 2.50. The summed E-state index contributed by atoms with van der Waals surface area (Å²) in [6, 6.07) is 0. The van der Waals surface area contributed by atoms with Crippen LogP contribution in [0, 0.1) is 0 Å². The molecule has 0 aromatic heterocycles. The molecule has 0 radical (unpaired) electrons. The highest BCUT2D eigenvalue weighted by atomic mass is 31.2. The lowest BCUT2D eigenvalue weighted by molar-refractivity contribution is 0.0773. The van der Waals surface area contributed by atoms with Crippen molar-refractivity contribution >= 4 is 7.60 Å². The predicted molar refractivity (Wildman–Crippen MR) is 34.2 cm³/mol. The average Bonchev–Trinajstić information content (AvgIpc) is 2.13. The molecule has 1 aliphatic rings. The molecule has 0 saturated carbocycles. The number of hydrogen-bond donors (Lipinski definition) is 4. The minimum absolute atomic E-state index is 0.122. The minimum atomic E-state index is -4.38. The monoisotopic (exact) mass is 167 g/mol. The molecule has 10 heavy (non-hydrogen) atoms. The van der Waals surface area contributed by atoms with Crippen molar-refractivity contribution in [3.8, 4) is 0 Å². The Hall–Kier alpha value is 0.0700. The van der Waals surface area contributed by atoms with E-state index in [0.29, 0.717) is 13.0 Å². The number of hydrogen-bond acceptors (Lipinski definition) is 3. The summed E-state index contributed by atoms with van der Waals surface area (Å²) >= 11 is 0. The third-order valence-corrected chi connectivity index (χ3v) is 2.94. The Kier molecular flexibility index (Phi) is 1.87. The molecule has 1 rings (SSSR count). The van der Waals surface area contributed by atoms with Gasteiger partial charge in [-0.15, -0.1) is 0 Å². The molecule has 1 unspecified atom stereocenters. The van der Waals surface area contributed by atoms with Gasteiger partial charge in [-0.3, -0.25) is 9.88 Å². The summed E-state index contributed by atoms with van der Waals surface area (Å²) in [6.07, 6.45) is 0.721. The van der Waals surface area contributed by atoms with Gasteiger partial charge in [-0.1, -0.05) is 0 Å². The number of nitrogens with one attached hydrogen (secondary N) is 1. The zero-order chi connectivity index (χ0) is 7.83. The molecule has 0 spiro atoms.